The summed E-state index contributed by atoms with van der Waals surface area (Å²) in [6, 6.07) is 7.12. The van der Waals surface area contributed by atoms with Gasteiger partial charge in [0.15, 0.2) is 6.61 Å². The summed E-state index contributed by atoms with van der Waals surface area (Å²) in [6.45, 7) is 7.01. The molecule has 0 unspecified atom stereocenters. The Morgan fingerprint density at radius 2 is 1.80 bits per heavy atom. The second-order valence-electron chi connectivity index (χ2n) is 5.44. The SMILES string of the molecule is CC(C)(C)NCc1nnc(COc2ccc(Cl)cc2)o1. The Bertz CT molecular complexity index is 546. The summed E-state index contributed by atoms with van der Waals surface area (Å²) in [5, 5.41) is 11.9. The van der Waals surface area contributed by atoms with Gasteiger partial charge in [0.1, 0.15) is 5.75 Å². The van der Waals surface area contributed by atoms with Gasteiger partial charge in [-0.15, -0.1) is 10.2 Å². The van der Waals surface area contributed by atoms with E-state index in [2.05, 4.69) is 36.3 Å². The van der Waals surface area contributed by atoms with Crippen molar-refractivity contribution in [3.8, 4) is 5.75 Å². The highest BCUT2D eigenvalue weighted by atomic mass is 35.5. The van der Waals surface area contributed by atoms with Crippen LogP contribution < -0.4 is 10.1 Å². The van der Waals surface area contributed by atoms with Crippen LogP contribution in [0.3, 0.4) is 0 Å². The molecule has 0 saturated carbocycles. The molecule has 5 nitrogen and oxygen atoms in total. The predicted molar refractivity (Wildman–Crippen MR) is 76.7 cm³/mol. The number of halogens is 1. The summed E-state index contributed by atoms with van der Waals surface area (Å²) in [4.78, 5) is 0. The topological polar surface area (TPSA) is 60.2 Å². The molecule has 2 rings (SSSR count). The van der Waals surface area contributed by atoms with Crippen molar-refractivity contribution < 1.29 is 9.15 Å². The van der Waals surface area contributed by atoms with E-state index in [4.69, 9.17) is 20.8 Å². The van der Waals surface area contributed by atoms with Crippen molar-refractivity contribution >= 4 is 11.6 Å². The summed E-state index contributed by atoms with van der Waals surface area (Å²) < 4.78 is 11.0. The van der Waals surface area contributed by atoms with Crippen LogP contribution in [0.25, 0.3) is 0 Å². The van der Waals surface area contributed by atoms with Gasteiger partial charge in [0, 0.05) is 10.6 Å². The molecule has 0 atom stereocenters. The van der Waals surface area contributed by atoms with Crippen molar-refractivity contribution in [2.24, 2.45) is 0 Å². The smallest absolute Gasteiger partial charge is 0.253 e. The van der Waals surface area contributed by atoms with E-state index in [1.54, 1.807) is 24.3 Å². The molecule has 0 fully saturated rings. The van der Waals surface area contributed by atoms with E-state index in [1.807, 2.05) is 0 Å². The summed E-state index contributed by atoms with van der Waals surface area (Å²) in [5.41, 5.74) is 0.00837. The largest absolute Gasteiger partial charge is 0.484 e. The minimum absolute atomic E-state index is 0.00837. The predicted octanol–water partition coefficient (Wildman–Crippen LogP) is 3.19. The standard InChI is InChI=1S/C14H18ClN3O2/c1-14(2,3)16-8-12-17-18-13(20-12)9-19-11-6-4-10(15)5-7-11/h4-7,16H,8-9H2,1-3H3. The molecule has 1 aromatic heterocycles. The zero-order valence-electron chi connectivity index (χ0n) is 11.8. The Kier molecular flexibility index (Phi) is 4.62. The van der Waals surface area contributed by atoms with Gasteiger partial charge in [-0.25, -0.2) is 0 Å². The first-order valence-corrected chi connectivity index (χ1v) is 6.75. The van der Waals surface area contributed by atoms with Crippen LogP contribution >= 0.6 is 11.6 Å². The quantitative estimate of drug-likeness (QED) is 0.918. The maximum absolute atomic E-state index is 5.80. The van der Waals surface area contributed by atoms with Gasteiger partial charge in [0.05, 0.1) is 6.54 Å². The van der Waals surface area contributed by atoms with Gasteiger partial charge in [-0.05, 0) is 45.0 Å². The normalized spacial score (nSPS) is 11.6. The highest BCUT2D eigenvalue weighted by molar-refractivity contribution is 6.30. The monoisotopic (exact) mass is 295 g/mol. The fourth-order valence-electron chi connectivity index (χ4n) is 1.43. The molecule has 6 heteroatoms. The third-order valence-corrected chi connectivity index (χ3v) is 2.71. The van der Waals surface area contributed by atoms with Gasteiger partial charge >= 0.3 is 0 Å². The molecule has 2 aromatic rings. The van der Waals surface area contributed by atoms with Crippen molar-refractivity contribution in [1.82, 2.24) is 15.5 Å². The molecular formula is C14H18ClN3O2. The molecule has 1 heterocycles. The molecule has 0 saturated heterocycles. The third-order valence-electron chi connectivity index (χ3n) is 2.45. The van der Waals surface area contributed by atoms with E-state index in [9.17, 15) is 0 Å². The number of ether oxygens (including phenoxy) is 1. The fraction of sp³-hybridized carbons (Fsp3) is 0.429. The summed E-state index contributed by atoms with van der Waals surface area (Å²) >= 11 is 5.80. The Balaban J connectivity index is 1.85. The van der Waals surface area contributed by atoms with E-state index in [1.165, 1.54) is 0 Å². The van der Waals surface area contributed by atoms with E-state index in [-0.39, 0.29) is 12.1 Å². The van der Waals surface area contributed by atoms with E-state index in [0.29, 0.717) is 29.1 Å². The van der Waals surface area contributed by atoms with Gasteiger partial charge in [0.25, 0.3) is 5.89 Å². The number of benzene rings is 1. The lowest BCUT2D eigenvalue weighted by Crippen LogP contribution is -2.35. The van der Waals surface area contributed by atoms with Gasteiger partial charge in [-0.1, -0.05) is 11.6 Å². The first kappa shape index (κ1) is 14.8. The second-order valence-corrected chi connectivity index (χ2v) is 5.87. The first-order chi connectivity index (χ1) is 9.42. The number of aromatic nitrogens is 2. The molecule has 1 N–H and O–H groups in total. The lowest BCUT2D eigenvalue weighted by atomic mass is 10.1. The van der Waals surface area contributed by atoms with E-state index >= 15 is 0 Å². The zero-order valence-corrected chi connectivity index (χ0v) is 12.6. The zero-order chi connectivity index (χ0) is 14.6. The molecule has 0 aliphatic heterocycles. The molecule has 108 valence electrons. The van der Waals surface area contributed by atoms with Crippen LogP contribution in [0.5, 0.6) is 5.75 Å². The summed E-state index contributed by atoms with van der Waals surface area (Å²) in [6.07, 6.45) is 0. The Morgan fingerprint density at radius 3 is 2.45 bits per heavy atom. The number of rotatable bonds is 5. The molecule has 0 aliphatic rings. The van der Waals surface area contributed by atoms with Gasteiger partial charge < -0.3 is 14.5 Å². The van der Waals surface area contributed by atoms with Crippen molar-refractivity contribution in [3.63, 3.8) is 0 Å². The van der Waals surface area contributed by atoms with Gasteiger partial charge in [-0.2, -0.15) is 0 Å². The number of hydrogen-bond acceptors (Lipinski definition) is 5. The van der Waals surface area contributed by atoms with Crippen LogP contribution in [0.2, 0.25) is 5.02 Å². The summed E-state index contributed by atoms with van der Waals surface area (Å²) in [5.74, 6) is 1.71. The minimum Gasteiger partial charge on any atom is -0.484 e. The average Bonchev–Trinajstić information content (AvgIpc) is 2.83. The molecule has 0 amide bonds. The average molecular weight is 296 g/mol. The number of nitrogens with zero attached hydrogens (tertiary/aromatic N) is 2. The second kappa shape index (κ2) is 6.24. The van der Waals surface area contributed by atoms with Crippen LogP contribution in [0.1, 0.15) is 32.6 Å². The molecule has 1 aromatic carbocycles. The number of hydrogen-bond donors (Lipinski definition) is 1. The molecule has 0 bridgehead atoms. The Morgan fingerprint density at radius 1 is 1.15 bits per heavy atom. The van der Waals surface area contributed by atoms with Crippen LogP contribution in [0, 0.1) is 0 Å². The Labute approximate surface area is 123 Å². The maximum atomic E-state index is 5.80. The fourth-order valence-corrected chi connectivity index (χ4v) is 1.56. The molecular weight excluding hydrogens is 278 g/mol. The van der Waals surface area contributed by atoms with Crippen LogP contribution in [0.15, 0.2) is 28.7 Å². The van der Waals surface area contributed by atoms with Crippen LogP contribution in [0.4, 0.5) is 0 Å². The van der Waals surface area contributed by atoms with Crippen molar-refractivity contribution in [3.05, 3.63) is 41.1 Å². The molecule has 0 aliphatic carbocycles. The highest BCUT2D eigenvalue weighted by Crippen LogP contribution is 2.16. The molecule has 0 radical (unpaired) electrons. The van der Waals surface area contributed by atoms with Gasteiger partial charge in [0.2, 0.25) is 5.89 Å². The molecule has 0 spiro atoms. The minimum atomic E-state index is 0.00837. The lowest BCUT2D eigenvalue weighted by Gasteiger charge is -2.18. The van der Waals surface area contributed by atoms with Gasteiger partial charge in [-0.3, -0.25) is 0 Å². The third kappa shape index (κ3) is 4.83. The summed E-state index contributed by atoms with van der Waals surface area (Å²) in [7, 11) is 0. The number of nitrogens with one attached hydrogen (secondary N) is 1. The van der Waals surface area contributed by atoms with Crippen LogP contribution in [-0.4, -0.2) is 15.7 Å². The lowest BCUT2D eigenvalue weighted by molar-refractivity contribution is 0.256. The molecule has 20 heavy (non-hydrogen) atoms. The maximum Gasteiger partial charge on any atom is 0.253 e. The van der Waals surface area contributed by atoms with Crippen molar-refractivity contribution in [2.75, 3.05) is 0 Å². The van der Waals surface area contributed by atoms with E-state index < -0.39 is 0 Å². The van der Waals surface area contributed by atoms with Crippen LogP contribution in [-0.2, 0) is 13.2 Å². The highest BCUT2D eigenvalue weighted by Gasteiger charge is 2.12. The van der Waals surface area contributed by atoms with Crippen molar-refractivity contribution in [2.45, 2.75) is 39.5 Å². The van der Waals surface area contributed by atoms with Crippen molar-refractivity contribution in [1.29, 1.82) is 0 Å². The van der Waals surface area contributed by atoms with E-state index in [0.717, 1.165) is 0 Å². The Hall–Kier alpha value is -1.59. The first-order valence-electron chi connectivity index (χ1n) is 6.37.